The van der Waals surface area contributed by atoms with Crippen LogP contribution in [0.15, 0.2) is 18.3 Å². The summed E-state index contributed by atoms with van der Waals surface area (Å²) in [5, 5.41) is 15.1. The molecule has 0 radical (unpaired) electrons. The summed E-state index contributed by atoms with van der Waals surface area (Å²) in [6.45, 7) is 1.68. The van der Waals surface area contributed by atoms with E-state index in [2.05, 4.69) is 25.6 Å². The maximum absolute atomic E-state index is 14.5. The van der Waals surface area contributed by atoms with E-state index < -0.39 is 11.6 Å². The zero-order valence-corrected chi connectivity index (χ0v) is 18.6. The van der Waals surface area contributed by atoms with Crippen molar-refractivity contribution < 1.29 is 18.7 Å². The fraction of sp³-hybridized carbons (Fsp3) is 0.429. The standard InChI is InChI=1S/C21H24ClF2N7O2/c1-10(9-32)27-20-26-8-16-19(30-20)31(13-4-2-11(3-5-13)18(25)33)21(28-16)29-17-14(22)6-12(23)7-15(17)24/h6-8,10-11,13,32H,2-5,9H2,1H3,(H2,25,33)(H,28,29)(H,26,27,30)/t10-,11-,13-/m0/s1. The van der Waals surface area contributed by atoms with Gasteiger partial charge in [-0.15, -0.1) is 0 Å². The van der Waals surface area contributed by atoms with Crippen molar-refractivity contribution in [2.45, 2.75) is 44.7 Å². The van der Waals surface area contributed by atoms with Crippen LogP contribution in [0, 0.1) is 17.6 Å². The minimum atomic E-state index is -0.860. The van der Waals surface area contributed by atoms with Gasteiger partial charge in [0.15, 0.2) is 11.5 Å². The van der Waals surface area contributed by atoms with Crippen LogP contribution < -0.4 is 16.4 Å². The molecule has 9 nitrogen and oxygen atoms in total. The number of aliphatic hydroxyl groups is 1. The molecule has 1 aliphatic rings. The number of nitrogens with two attached hydrogens (primary N) is 1. The van der Waals surface area contributed by atoms with Gasteiger partial charge in [-0.2, -0.15) is 4.98 Å². The first-order chi connectivity index (χ1) is 15.8. The van der Waals surface area contributed by atoms with Crippen molar-refractivity contribution in [1.29, 1.82) is 0 Å². The van der Waals surface area contributed by atoms with Crippen LogP contribution in [-0.4, -0.2) is 43.2 Å². The number of hydrogen-bond donors (Lipinski definition) is 4. The molecule has 1 aromatic carbocycles. The third kappa shape index (κ3) is 4.83. The lowest BCUT2D eigenvalue weighted by Crippen LogP contribution is -2.29. The van der Waals surface area contributed by atoms with Crippen molar-refractivity contribution in [2.24, 2.45) is 11.7 Å². The van der Waals surface area contributed by atoms with E-state index in [0.717, 1.165) is 12.1 Å². The second kappa shape index (κ2) is 9.44. The number of fused-ring (bicyclic) bond motifs is 1. The Labute approximate surface area is 193 Å². The molecule has 176 valence electrons. The molecule has 0 bridgehead atoms. The number of benzene rings is 1. The largest absolute Gasteiger partial charge is 0.394 e. The predicted molar refractivity (Wildman–Crippen MR) is 120 cm³/mol. The van der Waals surface area contributed by atoms with Crippen molar-refractivity contribution in [2.75, 3.05) is 17.2 Å². The van der Waals surface area contributed by atoms with E-state index in [-0.39, 0.29) is 47.2 Å². The number of anilines is 3. The van der Waals surface area contributed by atoms with Crippen LogP contribution in [0.3, 0.4) is 0 Å². The number of imidazole rings is 1. The minimum Gasteiger partial charge on any atom is -0.394 e. The number of amides is 1. The van der Waals surface area contributed by atoms with Gasteiger partial charge in [0.25, 0.3) is 0 Å². The maximum Gasteiger partial charge on any atom is 0.225 e. The highest BCUT2D eigenvalue weighted by atomic mass is 35.5. The molecular weight excluding hydrogens is 456 g/mol. The number of aliphatic hydroxyl groups excluding tert-OH is 1. The number of nitrogens with zero attached hydrogens (tertiary/aromatic N) is 4. The zero-order valence-electron chi connectivity index (χ0n) is 17.9. The van der Waals surface area contributed by atoms with Crippen molar-refractivity contribution in [1.82, 2.24) is 19.5 Å². The Balaban J connectivity index is 1.77. The molecule has 33 heavy (non-hydrogen) atoms. The average molecular weight is 480 g/mol. The van der Waals surface area contributed by atoms with E-state index >= 15 is 0 Å². The average Bonchev–Trinajstić information content (AvgIpc) is 3.13. The van der Waals surface area contributed by atoms with E-state index in [0.29, 0.717) is 42.8 Å². The zero-order chi connectivity index (χ0) is 23.7. The molecule has 2 heterocycles. The third-order valence-corrected chi connectivity index (χ3v) is 6.09. The normalized spacial score (nSPS) is 19.4. The van der Waals surface area contributed by atoms with Gasteiger partial charge in [-0.1, -0.05) is 11.6 Å². The molecule has 0 saturated heterocycles. The van der Waals surface area contributed by atoms with Gasteiger partial charge < -0.3 is 21.5 Å². The number of nitrogens with one attached hydrogen (secondary N) is 2. The van der Waals surface area contributed by atoms with Crippen molar-refractivity contribution in [3.05, 3.63) is 35.0 Å². The fourth-order valence-corrected chi connectivity index (χ4v) is 4.29. The fourth-order valence-electron chi connectivity index (χ4n) is 4.05. The molecule has 1 amide bonds. The Kier molecular flexibility index (Phi) is 6.61. The highest BCUT2D eigenvalue weighted by molar-refractivity contribution is 6.33. The van der Waals surface area contributed by atoms with Crippen molar-refractivity contribution >= 4 is 46.3 Å². The predicted octanol–water partition coefficient (Wildman–Crippen LogP) is 3.51. The Morgan fingerprint density at radius 3 is 2.67 bits per heavy atom. The molecule has 0 aliphatic heterocycles. The van der Waals surface area contributed by atoms with Crippen LogP contribution in [0.4, 0.5) is 26.4 Å². The summed E-state index contributed by atoms with van der Waals surface area (Å²) in [7, 11) is 0. The van der Waals surface area contributed by atoms with Crippen LogP contribution >= 0.6 is 11.6 Å². The van der Waals surface area contributed by atoms with Gasteiger partial charge in [0.2, 0.25) is 17.8 Å². The first kappa shape index (κ1) is 23.1. The molecule has 1 atom stereocenters. The topological polar surface area (TPSA) is 131 Å². The molecule has 2 aromatic heterocycles. The summed E-state index contributed by atoms with van der Waals surface area (Å²) < 4.78 is 29.8. The summed E-state index contributed by atoms with van der Waals surface area (Å²) >= 11 is 6.08. The molecular formula is C21H24ClF2N7O2. The van der Waals surface area contributed by atoms with Crippen LogP contribution in [-0.2, 0) is 4.79 Å². The second-order valence-electron chi connectivity index (χ2n) is 8.21. The summed E-state index contributed by atoms with van der Waals surface area (Å²) in [4.78, 5) is 24.9. The minimum absolute atomic E-state index is 0.103. The van der Waals surface area contributed by atoms with Gasteiger partial charge in [-0.25, -0.2) is 18.7 Å². The van der Waals surface area contributed by atoms with Crippen LogP contribution in [0.2, 0.25) is 5.02 Å². The smallest absolute Gasteiger partial charge is 0.225 e. The summed E-state index contributed by atoms with van der Waals surface area (Å²) in [5.74, 6) is -1.61. The Bertz CT molecular complexity index is 1160. The Hall–Kier alpha value is -3.05. The Morgan fingerprint density at radius 1 is 1.30 bits per heavy atom. The number of carbonyl (C=O) groups is 1. The third-order valence-electron chi connectivity index (χ3n) is 5.79. The molecule has 3 aromatic rings. The van der Waals surface area contributed by atoms with E-state index in [9.17, 15) is 18.7 Å². The van der Waals surface area contributed by atoms with E-state index in [1.54, 1.807) is 6.92 Å². The van der Waals surface area contributed by atoms with Crippen LogP contribution in [0.5, 0.6) is 0 Å². The first-order valence-electron chi connectivity index (χ1n) is 10.6. The van der Waals surface area contributed by atoms with Gasteiger partial charge in [-0.3, -0.25) is 9.36 Å². The van der Waals surface area contributed by atoms with E-state index in [1.807, 2.05) is 4.57 Å². The number of rotatable bonds is 7. The molecule has 5 N–H and O–H groups in total. The lowest BCUT2D eigenvalue weighted by atomic mass is 9.85. The van der Waals surface area contributed by atoms with Gasteiger partial charge in [0, 0.05) is 24.1 Å². The number of halogens is 3. The molecule has 1 aliphatic carbocycles. The van der Waals surface area contributed by atoms with Crippen LogP contribution in [0.1, 0.15) is 38.6 Å². The van der Waals surface area contributed by atoms with Crippen molar-refractivity contribution in [3.63, 3.8) is 0 Å². The second-order valence-corrected chi connectivity index (χ2v) is 8.62. The number of hydrogen-bond acceptors (Lipinski definition) is 7. The lowest BCUT2D eigenvalue weighted by Gasteiger charge is -2.29. The van der Waals surface area contributed by atoms with Gasteiger partial charge in [-0.05, 0) is 38.7 Å². The summed E-state index contributed by atoms with van der Waals surface area (Å²) in [5.41, 5.74) is 6.30. The molecule has 0 spiro atoms. The summed E-state index contributed by atoms with van der Waals surface area (Å²) in [6, 6.07) is 1.37. The van der Waals surface area contributed by atoms with E-state index in [4.69, 9.17) is 17.3 Å². The van der Waals surface area contributed by atoms with Gasteiger partial charge in [0.1, 0.15) is 11.3 Å². The molecule has 1 saturated carbocycles. The quantitative estimate of drug-likeness (QED) is 0.407. The summed E-state index contributed by atoms with van der Waals surface area (Å²) in [6.07, 6.45) is 3.99. The van der Waals surface area contributed by atoms with E-state index in [1.165, 1.54) is 6.20 Å². The highest BCUT2D eigenvalue weighted by Gasteiger charge is 2.29. The molecule has 12 heteroatoms. The monoisotopic (exact) mass is 479 g/mol. The molecule has 1 fully saturated rings. The number of carbonyl (C=O) groups excluding carboxylic acids is 1. The van der Waals surface area contributed by atoms with Gasteiger partial charge in [0.05, 0.1) is 23.5 Å². The lowest BCUT2D eigenvalue weighted by molar-refractivity contribution is -0.122. The number of aromatic nitrogens is 4. The highest BCUT2D eigenvalue weighted by Crippen LogP contribution is 2.38. The van der Waals surface area contributed by atoms with Gasteiger partial charge >= 0.3 is 0 Å². The van der Waals surface area contributed by atoms with Crippen molar-refractivity contribution in [3.8, 4) is 0 Å². The molecule has 4 rings (SSSR count). The Morgan fingerprint density at radius 2 is 2.03 bits per heavy atom. The maximum atomic E-state index is 14.5. The molecule has 0 unspecified atom stereocenters. The van der Waals surface area contributed by atoms with Crippen LogP contribution in [0.25, 0.3) is 11.2 Å². The SMILES string of the molecule is C[C@@H](CO)Nc1ncc2nc(Nc3c(F)cc(F)cc3Cl)n([C@H]3CC[C@H](C(N)=O)CC3)c2n1. The first-order valence-corrected chi connectivity index (χ1v) is 11.0. The number of primary amides is 1.